The van der Waals surface area contributed by atoms with Crippen LogP contribution >= 0.6 is 0 Å². The molecule has 3 heterocycles. The van der Waals surface area contributed by atoms with Crippen molar-refractivity contribution in [3.63, 3.8) is 0 Å². The van der Waals surface area contributed by atoms with Gasteiger partial charge in [0.25, 0.3) is 5.78 Å². The lowest BCUT2D eigenvalue weighted by Crippen LogP contribution is -2.40. The van der Waals surface area contributed by atoms with E-state index in [4.69, 9.17) is 9.47 Å². The maximum atomic E-state index is 13.1. The van der Waals surface area contributed by atoms with Gasteiger partial charge in [0.05, 0.1) is 32.5 Å². The maximum absolute atomic E-state index is 13.1. The average Bonchev–Trinajstić information content (AvgIpc) is 3.26. The van der Waals surface area contributed by atoms with E-state index >= 15 is 0 Å². The minimum Gasteiger partial charge on any atom is -0.493 e. The first-order valence-electron chi connectivity index (χ1n) is 10.2. The number of piperidine rings is 1. The Balaban J connectivity index is 1.59. The van der Waals surface area contributed by atoms with E-state index in [0.29, 0.717) is 36.1 Å². The summed E-state index contributed by atoms with van der Waals surface area (Å²) in [7, 11) is -0.418. The summed E-state index contributed by atoms with van der Waals surface area (Å²) in [5.41, 5.74) is 1.34. The van der Waals surface area contributed by atoms with Gasteiger partial charge in [-0.25, -0.2) is 13.4 Å². The van der Waals surface area contributed by atoms with Crippen molar-refractivity contribution in [1.29, 1.82) is 0 Å². The van der Waals surface area contributed by atoms with E-state index in [1.54, 1.807) is 31.3 Å². The molecule has 0 bridgehead atoms. The minimum atomic E-state index is -3.53. The zero-order valence-electron chi connectivity index (χ0n) is 18.2. The number of carbonyl (C=O) groups excluding carboxylic acids is 1. The Hall–Kier alpha value is -3.21. The summed E-state index contributed by atoms with van der Waals surface area (Å²) in [4.78, 5) is 23.2. The van der Waals surface area contributed by atoms with Crippen LogP contribution in [0.5, 0.6) is 11.5 Å². The van der Waals surface area contributed by atoms with Gasteiger partial charge >= 0.3 is 0 Å². The first-order valence-corrected chi connectivity index (χ1v) is 12.1. The SMILES string of the molecule is COc1ccc(CC(=O)N2CCCC(c3c(S(C)(=O)=O)cnc4ncnn34)C2)cc1OC. The Morgan fingerprint density at radius 2 is 1.97 bits per heavy atom. The Bertz CT molecular complexity index is 1260. The molecule has 1 amide bonds. The normalized spacial score (nSPS) is 16.8. The lowest BCUT2D eigenvalue weighted by molar-refractivity contribution is -0.131. The Kier molecular flexibility index (Phi) is 6.00. The van der Waals surface area contributed by atoms with Crippen LogP contribution in [0.4, 0.5) is 0 Å². The number of benzene rings is 1. The molecule has 1 unspecified atom stereocenters. The van der Waals surface area contributed by atoms with Crippen LogP contribution in [0.15, 0.2) is 35.6 Å². The van der Waals surface area contributed by atoms with Gasteiger partial charge in [-0.15, -0.1) is 0 Å². The van der Waals surface area contributed by atoms with Gasteiger partial charge in [-0.05, 0) is 30.5 Å². The molecule has 0 N–H and O–H groups in total. The van der Waals surface area contributed by atoms with Crippen molar-refractivity contribution in [1.82, 2.24) is 24.5 Å². The van der Waals surface area contributed by atoms with Gasteiger partial charge in [0, 0.05) is 25.3 Å². The largest absolute Gasteiger partial charge is 0.493 e. The monoisotopic (exact) mass is 459 g/mol. The topological polar surface area (TPSA) is 116 Å². The van der Waals surface area contributed by atoms with Gasteiger partial charge in [-0.3, -0.25) is 4.79 Å². The molecule has 4 rings (SSSR count). The second kappa shape index (κ2) is 8.73. The average molecular weight is 460 g/mol. The molecule has 32 heavy (non-hydrogen) atoms. The van der Waals surface area contributed by atoms with Crippen LogP contribution in [0.25, 0.3) is 5.78 Å². The fraction of sp³-hybridized carbons (Fsp3) is 0.429. The van der Waals surface area contributed by atoms with Gasteiger partial charge in [0.15, 0.2) is 21.3 Å². The molecule has 1 fully saturated rings. The molecule has 2 aromatic heterocycles. The number of methoxy groups -OCH3 is 2. The van der Waals surface area contributed by atoms with Gasteiger partial charge < -0.3 is 14.4 Å². The van der Waals surface area contributed by atoms with E-state index in [1.165, 1.54) is 17.0 Å². The number of ether oxygens (including phenoxy) is 2. The second-order valence-corrected chi connectivity index (χ2v) is 9.78. The molecule has 0 aliphatic carbocycles. The summed E-state index contributed by atoms with van der Waals surface area (Å²) in [5, 5.41) is 4.19. The molecule has 0 radical (unpaired) electrons. The summed E-state index contributed by atoms with van der Waals surface area (Å²) in [5.74, 6) is 1.27. The van der Waals surface area contributed by atoms with E-state index < -0.39 is 9.84 Å². The highest BCUT2D eigenvalue weighted by Gasteiger charge is 2.31. The lowest BCUT2D eigenvalue weighted by Gasteiger charge is -2.33. The first kappa shape index (κ1) is 22.0. The predicted molar refractivity (Wildman–Crippen MR) is 116 cm³/mol. The zero-order valence-corrected chi connectivity index (χ0v) is 19.0. The molecule has 11 heteroatoms. The third kappa shape index (κ3) is 4.24. The Morgan fingerprint density at radius 3 is 2.69 bits per heavy atom. The molecule has 10 nitrogen and oxygen atoms in total. The minimum absolute atomic E-state index is 0.0354. The summed E-state index contributed by atoms with van der Waals surface area (Å²) in [6.07, 6.45) is 5.53. The van der Waals surface area contributed by atoms with Crippen molar-refractivity contribution in [3.8, 4) is 11.5 Å². The van der Waals surface area contributed by atoms with E-state index in [-0.39, 0.29) is 23.1 Å². The molecular formula is C21H25N5O5S. The van der Waals surface area contributed by atoms with Crippen LogP contribution < -0.4 is 9.47 Å². The summed E-state index contributed by atoms with van der Waals surface area (Å²) >= 11 is 0. The number of likely N-dealkylation sites (tertiary alicyclic amines) is 1. The molecule has 0 saturated carbocycles. The number of hydrogen-bond acceptors (Lipinski definition) is 8. The van der Waals surface area contributed by atoms with Crippen LogP contribution in [0, 0.1) is 0 Å². The van der Waals surface area contributed by atoms with Gasteiger partial charge in [-0.2, -0.15) is 14.6 Å². The number of rotatable bonds is 6. The number of carbonyl (C=O) groups is 1. The maximum Gasteiger partial charge on any atom is 0.252 e. The summed E-state index contributed by atoms with van der Waals surface area (Å²) in [6.45, 7) is 1.01. The smallest absolute Gasteiger partial charge is 0.252 e. The summed E-state index contributed by atoms with van der Waals surface area (Å²) in [6, 6.07) is 5.41. The number of sulfone groups is 1. The highest BCUT2D eigenvalue weighted by molar-refractivity contribution is 7.90. The van der Waals surface area contributed by atoms with E-state index in [0.717, 1.165) is 24.7 Å². The molecule has 1 atom stereocenters. The van der Waals surface area contributed by atoms with E-state index in [9.17, 15) is 13.2 Å². The van der Waals surface area contributed by atoms with Crippen LogP contribution in [-0.4, -0.2) is 72.4 Å². The van der Waals surface area contributed by atoms with Crippen molar-refractivity contribution in [2.24, 2.45) is 0 Å². The molecule has 1 aromatic carbocycles. The Labute approximate surface area is 186 Å². The quantitative estimate of drug-likeness (QED) is 0.544. The molecule has 1 aliphatic rings. The zero-order chi connectivity index (χ0) is 22.9. The van der Waals surface area contributed by atoms with Gasteiger partial charge in [0.2, 0.25) is 5.91 Å². The standard InChI is InChI=1S/C21H25N5O5S/c1-30-16-7-6-14(9-17(16)31-2)10-19(27)25-8-4-5-15(12-25)20-18(32(3,28)29)11-22-21-23-13-24-26(20)21/h6-7,9,11,13,15H,4-5,8,10,12H2,1-3H3. The molecule has 1 aliphatic heterocycles. The van der Waals surface area contributed by atoms with Crippen molar-refractivity contribution >= 4 is 21.5 Å². The number of amides is 1. The van der Waals surface area contributed by atoms with Crippen molar-refractivity contribution in [2.75, 3.05) is 33.6 Å². The van der Waals surface area contributed by atoms with Crippen LogP contribution in [-0.2, 0) is 21.1 Å². The van der Waals surface area contributed by atoms with Crippen LogP contribution in [0.3, 0.4) is 0 Å². The number of nitrogens with zero attached hydrogens (tertiary/aromatic N) is 5. The molecular weight excluding hydrogens is 434 g/mol. The van der Waals surface area contributed by atoms with Crippen molar-refractivity contribution < 1.29 is 22.7 Å². The fourth-order valence-electron chi connectivity index (χ4n) is 4.14. The molecule has 1 saturated heterocycles. The highest BCUT2D eigenvalue weighted by atomic mass is 32.2. The van der Waals surface area contributed by atoms with Crippen LogP contribution in [0.1, 0.15) is 30.0 Å². The first-order chi connectivity index (χ1) is 15.3. The third-order valence-corrected chi connectivity index (χ3v) is 6.78. The van der Waals surface area contributed by atoms with E-state index in [1.807, 2.05) is 6.07 Å². The molecule has 0 spiro atoms. The number of hydrogen-bond donors (Lipinski definition) is 0. The fourth-order valence-corrected chi connectivity index (χ4v) is 5.02. The van der Waals surface area contributed by atoms with Crippen molar-refractivity contribution in [2.45, 2.75) is 30.1 Å². The van der Waals surface area contributed by atoms with Gasteiger partial charge in [-0.1, -0.05) is 6.07 Å². The third-order valence-electron chi connectivity index (χ3n) is 5.67. The highest BCUT2D eigenvalue weighted by Crippen LogP contribution is 2.32. The Morgan fingerprint density at radius 1 is 1.19 bits per heavy atom. The van der Waals surface area contributed by atoms with Crippen LogP contribution in [0.2, 0.25) is 0 Å². The second-order valence-electron chi connectivity index (χ2n) is 7.80. The summed E-state index contributed by atoms with van der Waals surface area (Å²) < 4.78 is 36.9. The van der Waals surface area contributed by atoms with Crippen molar-refractivity contribution in [3.05, 3.63) is 42.0 Å². The number of fused-ring (bicyclic) bond motifs is 1. The molecule has 3 aromatic rings. The predicted octanol–water partition coefficient (Wildman–Crippen LogP) is 1.49. The van der Waals surface area contributed by atoms with Gasteiger partial charge in [0.1, 0.15) is 11.2 Å². The van der Waals surface area contributed by atoms with E-state index in [2.05, 4.69) is 15.1 Å². The molecule has 170 valence electrons. The lowest BCUT2D eigenvalue weighted by atomic mass is 9.94. The number of aromatic nitrogens is 4.